The molecule has 0 fully saturated rings. The molecule has 1 aromatic rings. The number of carboxylic acid groups (broad SMARTS) is 1. The van der Waals surface area contributed by atoms with E-state index in [0.29, 0.717) is 0 Å². The van der Waals surface area contributed by atoms with Gasteiger partial charge in [0, 0.05) is 12.1 Å². The highest BCUT2D eigenvalue weighted by molar-refractivity contribution is 6.08. The van der Waals surface area contributed by atoms with E-state index in [1.165, 1.54) is 18.2 Å². The fourth-order valence-corrected chi connectivity index (χ4v) is 1.48. The first-order valence-corrected chi connectivity index (χ1v) is 5.91. The Kier molecular flexibility index (Phi) is 4.67. The number of rotatable bonds is 2. The molecule has 0 spiro atoms. The molecular weight excluding hydrogens is 267 g/mol. The molecule has 20 heavy (non-hydrogen) atoms. The van der Waals surface area contributed by atoms with Crippen LogP contribution >= 0.6 is 0 Å². The van der Waals surface area contributed by atoms with Crippen LogP contribution in [0.2, 0.25) is 0 Å². The fourth-order valence-electron chi connectivity index (χ4n) is 1.48. The van der Waals surface area contributed by atoms with Crippen molar-refractivity contribution in [2.24, 2.45) is 5.73 Å². The molecule has 0 aliphatic rings. The SMILES string of the molecule is CC(C)(C)OC(=O)N(C(=O)O)c1cccc(CN)c1F. The summed E-state index contributed by atoms with van der Waals surface area (Å²) in [6.07, 6.45) is -2.80. The van der Waals surface area contributed by atoms with Crippen molar-refractivity contribution in [3.8, 4) is 0 Å². The summed E-state index contributed by atoms with van der Waals surface area (Å²) in [6.45, 7) is 4.63. The van der Waals surface area contributed by atoms with E-state index in [9.17, 15) is 14.0 Å². The van der Waals surface area contributed by atoms with Crippen LogP contribution in [-0.2, 0) is 11.3 Å². The van der Waals surface area contributed by atoms with Gasteiger partial charge >= 0.3 is 12.2 Å². The van der Waals surface area contributed by atoms with Crippen LogP contribution in [0, 0.1) is 5.82 Å². The second-order valence-electron chi connectivity index (χ2n) is 5.05. The summed E-state index contributed by atoms with van der Waals surface area (Å²) in [5.74, 6) is -0.858. The first-order chi connectivity index (χ1) is 9.17. The van der Waals surface area contributed by atoms with Gasteiger partial charge in [-0.25, -0.2) is 14.0 Å². The highest BCUT2D eigenvalue weighted by Crippen LogP contribution is 2.24. The molecular formula is C13H17FN2O4. The molecule has 7 heteroatoms. The Bertz CT molecular complexity index is 526. The smallest absolute Gasteiger partial charge is 0.424 e. The number of hydrogen-bond acceptors (Lipinski definition) is 4. The number of carbonyl (C=O) groups is 2. The Morgan fingerprint density at radius 2 is 2.00 bits per heavy atom. The lowest BCUT2D eigenvalue weighted by Gasteiger charge is -2.24. The van der Waals surface area contributed by atoms with Gasteiger partial charge in [-0.05, 0) is 26.8 Å². The molecule has 1 aromatic carbocycles. The quantitative estimate of drug-likeness (QED) is 0.871. The van der Waals surface area contributed by atoms with E-state index in [1.807, 2.05) is 0 Å². The first kappa shape index (κ1) is 15.9. The third-order valence-corrected chi connectivity index (χ3v) is 2.29. The van der Waals surface area contributed by atoms with E-state index < -0.39 is 29.3 Å². The number of benzene rings is 1. The van der Waals surface area contributed by atoms with Crippen molar-refractivity contribution < 1.29 is 23.8 Å². The minimum atomic E-state index is -1.63. The van der Waals surface area contributed by atoms with E-state index in [0.717, 1.165) is 0 Å². The molecule has 6 nitrogen and oxygen atoms in total. The highest BCUT2D eigenvalue weighted by atomic mass is 19.1. The number of hydrogen-bond donors (Lipinski definition) is 2. The van der Waals surface area contributed by atoms with Crippen molar-refractivity contribution in [3.63, 3.8) is 0 Å². The van der Waals surface area contributed by atoms with Crippen LogP contribution in [0.15, 0.2) is 18.2 Å². The van der Waals surface area contributed by atoms with Crippen LogP contribution in [0.1, 0.15) is 26.3 Å². The van der Waals surface area contributed by atoms with Crippen LogP contribution in [0.25, 0.3) is 0 Å². The summed E-state index contributed by atoms with van der Waals surface area (Å²) in [6, 6.07) is 4.00. The van der Waals surface area contributed by atoms with Crippen LogP contribution in [0.3, 0.4) is 0 Å². The predicted molar refractivity (Wildman–Crippen MR) is 71.0 cm³/mol. The number of carbonyl (C=O) groups excluding carboxylic acids is 1. The molecule has 0 unspecified atom stereocenters. The van der Waals surface area contributed by atoms with E-state index in [2.05, 4.69) is 0 Å². The van der Waals surface area contributed by atoms with Crippen LogP contribution in [0.4, 0.5) is 19.7 Å². The van der Waals surface area contributed by atoms with Crippen molar-refractivity contribution in [2.45, 2.75) is 32.9 Å². The lowest BCUT2D eigenvalue weighted by Crippen LogP contribution is -2.40. The average molecular weight is 284 g/mol. The maximum Gasteiger partial charge on any atom is 0.424 e. The third kappa shape index (κ3) is 3.67. The average Bonchev–Trinajstić information content (AvgIpc) is 2.28. The second kappa shape index (κ2) is 5.87. The molecule has 110 valence electrons. The fraction of sp³-hybridized carbons (Fsp3) is 0.385. The Hall–Kier alpha value is -2.15. The number of amides is 2. The summed E-state index contributed by atoms with van der Waals surface area (Å²) in [4.78, 5) is 23.3. The van der Waals surface area contributed by atoms with Gasteiger partial charge in [0.05, 0.1) is 5.69 Å². The molecule has 0 radical (unpaired) electrons. The molecule has 0 saturated heterocycles. The zero-order chi connectivity index (χ0) is 15.5. The summed E-state index contributed by atoms with van der Waals surface area (Å²) in [5, 5.41) is 9.11. The standard InChI is InChI=1S/C13H17FN2O4/c1-13(2,3)20-12(19)16(11(17)18)9-6-4-5-8(7-15)10(9)14/h4-6H,7,15H2,1-3H3,(H,17,18). The number of imide groups is 1. The number of halogens is 1. The Labute approximate surface area is 115 Å². The minimum Gasteiger partial charge on any atom is -0.464 e. The van der Waals surface area contributed by atoms with Crippen molar-refractivity contribution >= 4 is 17.9 Å². The largest absolute Gasteiger partial charge is 0.464 e. The van der Waals surface area contributed by atoms with Crippen LogP contribution in [0.5, 0.6) is 0 Å². The zero-order valence-corrected chi connectivity index (χ0v) is 11.5. The van der Waals surface area contributed by atoms with Gasteiger partial charge in [-0.15, -0.1) is 0 Å². The van der Waals surface area contributed by atoms with Gasteiger partial charge in [-0.3, -0.25) is 0 Å². The Morgan fingerprint density at radius 3 is 2.45 bits per heavy atom. The molecule has 2 amide bonds. The minimum absolute atomic E-state index is 0.109. The van der Waals surface area contributed by atoms with Gasteiger partial charge in [-0.1, -0.05) is 12.1 Å². The summed E-state index contributed by atoms with van der Waals surface area (Å²) in [7, 11) is 0. The molecule has 3 N–H and O–H groups in total. The lowest BCUT2D eigenvalue weighted by atomic mass is 10.1. The molecule has 0 saturated carbocycles. The molecule has 0 aromatic heterocycles. The number of anilines is 1. The first-order valence-electron chi connectivity index (χ1n) is 5.91. The van der Waals surface area contributed by atoms with Crippen molar-refractivity contribution in [1.82, 2.24) is 0 Å². The normalized spacial score (nSPS) is 11.1. The maximum atomic E-state index is 14.1. The molecule has 0 atom stereocenters. The van der Waals surface area contributed by atoms with Crippen molar-refractivity contribution in [2.75, 3.05) is 4.90 Å². The van der Waals surface area contributed by atoms with Gasteiger partial charge in [0.2, 0.25) is 0 Å². The van der Waals surface area contributed by atoms with Crippen LogP contribution in [-0.4, -0.2) is 22.9 Å². The Morgan fingerprint density at radius 1 is 1.40 bits per heavy atom. The number of ether oxygens (including phenoxy) is 1. The number of nitrogens with zero attached hydrogens (tertiary/aromatic N) is 1. The molecule has 0 aliphatic carbocycles. The second-order valence-corrected chi connectivity index (χ2v) is 5.05. The summed E-state index contributed by atoms with van der Waals surface area (Å²) < 4.78 is 19.0. The Balaban J connectivity index is 3.22. The van der Waals surface area contributed by atoms with E-state index >= 15 is 0 Å². The van der Waals surface area contributed by atoms with Gasteiger partial charge in [-0.2, -0.15) is 4.90 Å². The highest BCUT2D eigenvalue weighted by Gasteiger charge is 2.31. The van der Waals surface area contributed by atoms with E-state index in [1.54, 1.807) is 20.8 Å². The number of nitrogens with two attached hydrogens (primary N) is 1. The third-order valence-electron chi connectivity index (χ3n) is 2.29. The predicted octanol–water partition coefficient (Wildman–Crippen LogP) is 2.70. The van der Waals surface area contributed by atoms with E-state index in [4.69, 9.17) is 15.6 Å². The lowest BCUT2D eigenvalue weighted by molar-refractivity contribution is 0.0581. The molecule has 0 aliphatic heterocycles. The van der Waals surface area contributed by atoms with Crippen molar-refractivity contribution in [1.29, 1.82) is 0 Å². The molecule has 1 rings (SSSR count). The van der Waals surface area contributed by atoms with Gasteiger partial charge in [0.1, 0.15) is 5.60 Å². The van der Waals surface area contributed by atoms with Gasteiger partial charge in [0.25, 0.3) is 0 Å². The topological polar surface area (TPSA) is 92.9 Å². The molecule has 0 heterocycles. The summed E-state index contributed by atoms with van der Waals surface area (Å²) in [5.41, 5.74) is 4.16. The van der Waals surface area contributed by atoms with Crippen LogP contribution < -0.4 is 10.6 Å². The van der Waals surface area contributed by atoms with Gasteiger partial charge in [0.15, 0.2) is 5.82 Å². The van der Waals surface area contributed by atoms with Crippen molar-refractivity contribution in [3.05, 3.63) is 29.6 Å². The maximum absolute atomic E-state index is 14.1. The molecule has 0 bridgehead atoms. The van der Waals surface area contributed by atoms with Gasteiger partial charge < -0.3 is 15.6 Å². The summed E-state index contributed by atoms with van der Waals surface area (Å²) >= 11 is 0. The van der Waals surface area contributed by atoms with E-state index in [-0.39, 0.29) is 17.0 Å². The monoisotopic (exact) mass is 284 g/mol. The zero-order valence-electron chi connectivity index (χ0n) is 11.5.